The third-order valence-electron chi connectivity index (χ3n) is 3.54. The van der Waals surface area contributed by atoms with Gasteiger partial charge in [-0.3, -0.25) is 4.79 Å². The summed E-state index contributed by atoms with van der Waals surface area (Å²) in [5, 5.41) is 3.64. The maximum absolute atomic E-state index is 12.1. The summed E-state index contributed by atoms with van der Waals surface area (Å²) in [5.41, 5.74) is -0.103. The van der Waals surface area contributed by atoms with Crippen molar-refractivity contribution in [3.8, 4) is 0 Å². The van der Waals surface area contributed by atoms with Gasteiger partial charge in [0.05, 0.1) is 6.61 Å². The van der Waals surface area contributed by atoms with Crippen LogP contribution in [-0.2, 0) is 19.7 Å². The quantitative estimate of drug-likeness (QED) is 0.872. The van der Waals surface area contributed by atoms with E-state index in [4.69, 9.17) is 27.9 Å². The van der Waals surface area contributed by atoms with Crippen LogP contribution in [0.3, 0.4) is 0 Å². The molecule has 1 fully saturated rings. The lowest BCUT2D eigenvalue weighted by molar-refractivity contribution is -0.147. The van der Waals surface area contributed by atoms with Crippen LogP contribution in [0.4, 0.5) is 0 Å². The minimum Gasteiger partial charge on any atom is -0.464 e. The second-order valence-corrected chi connectivity index (χ2v) is 5.81. The number of ether oxygens (including phenoxy) is 1. The molecule has 0 aliphatic carbocycles. The van der Waals surface area contributed by atoms with Crippen molar-refractivity contribution in [2.45, 2.75) is 31.7 Å². The maximum atomic E-state index is 12.1. The summed E-state index contributed by atoms with van der Waals surface area (Å²) in [5.74, 6) is -0.668. The Balaban J connectivity index is 2.46. The second kappa shape index (κ2) is 5.62. The Morgan fingerprint density at radius 2 is 2.20 bits per heavy atom. The topological polar surface area (TPSA) is 55.4 Å². The highest BCUT2D eigenvalue weighted by Gasteiger charge is 2.50. The minimum absolute atomic E-state index is 0.163. The summed E-state index contributed by atoms with van der Waals surface area (Å²) in [6, 6.07) is 4.26. The normalized spacial score (nSPS) is 25.4. The first kappa shape index (κ1) is 15.1. The fraction of sp³-hybridized carbons (Fsp3) is 0.429. The zero-order valence-electron chi connectivity index (χ0n) is 11.2. The molecular weight excluding hydrogens is 301 g/mol. The third kappa shape index (κ3) is 2.63. The summed E-state index contributed by atoms with van der Waals surface area (Å²) in [6.07, 6.45) is 0.163. The van der Waals surface area contributed by atoms with Gasteiger partial charge in [-0.05, 0) is 30.7 Å². The molecule has 2 unspecified atom stereocenters. The van der Waals surface area contributed by atoms with Gasteiger partial charge in [0.1, 0.15) is 6.04 Å². The molecule has 1 amide bonds. The first-order valence-electron chi connectivity index (χ1n) is 6.30. The molecule has 1 aromatic carbocycles. The van der Waals surface area contributed by atoms with Crippen LogP contribution in [0.15, 0.2) is 18.2 Å². The van der Waals surface area contributed by atoms with Crippen LogP contribution in [-0.4, -0.2) is 24.5 Å². The lowest BCUT2D eigenvalue weighted by Crippen LogP contribution is -2.46. The van der Waals surface area contributed by atoms with Crippen LogP contribution in [0, 0.1) is 0 Å². The van der Waals surface area contributed by atoms with E-state index < -0.39 is 17.4 Å². The molecule has 1 saturated heterocycles. The summed E-state index contributed by atoms with van der Waals surface area (Å²) < 4.78 is 5.03. The van der Waals surface area contributed by atoms with Crippen LogP contribution >= 0.6 is 23.2 Å². The number of halogens is 2. The molecule has 1 aliphatic heterocycles. The molecule has 2 atom stereocenters. The van der Waals surface area contributed by atoms with E-state index in [0.29, 0.717) is 15.6 Å². The molecule has 20 heavy (non-hydrogen) atoms. The Hall–Kier alpha value is -1.26. The van der Waals surface area contributed by atoms with E-state index in [-0.39, 0.29) is 18.9 Å². The van der Waals surface area contributed by atoms with Crippen LogP contribution < -0.4 is 5.32 Å². The van der Waals surface area contributed by atoms with Crippen LogP contribution in [0.2, 0.25) is 10.0 Å². The van der Waals surface area contributed by atoms with Gasteiger partial charge in [-0.2, -0.15) is 0 Å². The minimum atomic E-state index is -0.772. The Kier molecular flexibility index (Phi) is 4.25. The molecule has 2 rings (SSSR count). The zero-order valence-corrected chi connectivity index (χ0v) is 12.7. The first-order valence-corrected chi connectivity index (χ1v) is 7.05. The van der Waals surface area contributed by atoms with E-state index in [9.17, 15) is 9.59 Å². The molecule has 108 valence electrons. The standard InChI is InChI=1S/C14H15Cl2NO3/c1-3-20-13(19)12-14(2,7-11(18)17-12)9-6-8(15)4-5-10(9)16/h4-6,12H,3,7H2,1-2H3,(H,17,18). The number of carbonyl (C=O) groups is 2. The van der Waals surface area contributed by atoms with Crippen molar-refractivity contribution < 1.29 is 14.3 Å². The van der Waals surface area contributed by atoms with E-state index >= 15 is 0 Å². The molecule has 0 spiro atoms. The number of nitrogens with one attached hydrogen (secondary N) is 1. The number of benzene rings is 1. The Morgan fingerprint density at radius 3 is 2.85 bits per heavy atom. The maximum Gasteiger partial charge on any atom is 0.329 e. The van der Waals surface area contributed by atoms with E-state index in [1.165, 1.54) is 0 Å². The summed E-state index contributed by atoms with van der Waals surface area (Å²) in [7, 11) is 0. The number of hydrogen-bond donors (Lipinski definition) is 1. The monoisotopic (exact) mass is 315 g/mol. The summed E-state index contributed by atoms with van der Waals surface area (Å²) >= 11 is 12.2. The van der Waals surface area contributed by atoms with Gasteiger partial charge in [0, 0.05) is 21.9 Å². The molecule has 4 nitrogen and oxygen atoms in total. The average molecular weight is 316 g/mol. The van der Waals surface area contributed by atoms with Gasteiger partial charge in [-0.25, -0.2) is 4.79 Å². The third-order valence-corrected chi connectivity index (χ3v) is 4.10. The van der Waals surface area contributed by atoms with Gasteiger partial charge in [-0.1, -0.05) is 30.1 Å². The molecule has 1 aromatic rings. The summed E-state index contributed by atoms with van der Waals surface area (Å²) in [6.45, 7) is 3.78. The largest absolute Gasteiger partial charge is 0.464 e. The Morgan fingerprint density at radius 1 is 1.50 bits per heavy atom. The predicted molar refractivity (Wildman–Crippen MR) is 77.0 cm³/mol. The second-order valence-electron chi connectivity index (χ2n) is 4.97. The van der Waals surface area contributed by atoms with Crippen molar-refractivity contribution in [2.24, 2.45) is 0 Å². The molecule has 0 saturated carbocycles. The SMILES string of the molecule is CCOC(=O)C1NC(=O)CC1(C)c1cc(Cl)ccc1Cl. The number of esters is 1. The zero-order chi connectivity index (χ0) is 14.9. The molecule has 1 heterocycles. The molecule has 1 aliphatic rings. The van der Waals surface area contributed by atoms with Crippen molar-refractivity contribution >= 4 is 35.1 Å². The lowest BCUT2D eigenvalue weighted by Gasteiger charge is -2.30. The first-order chi connectivity index (χ1) is 9.38. The molecule has 6 heteroatoms. The fourth-order valence-corrected chi connectivity index (χ4v) is 3.04. The summed E-state index contributed by atoms with van der Waals surface area (Å²) in [4.78, 5) is 23.8. The smallest absolute Gasteiger partial charge is 0.329 e. The van der Waals surface area contributed by atoms with E-state index in [2.05, 4.69) is 5.32 Å². The Labute approximate surface area is 127 Å². The van der Waals surface area contributed by atoms with Gasteiger partial charge in [0.25, 0.3) is 0 Å². The van der Waals surface area contributed by atoms with Gasteiger partial charge < -0.3 is 10.1 Å². The van der Waals surface area contributed by atoms with E-state index in [1.807, 2.05) is 6.92 Å². The van der Waals surface area contributed by atoms with E-state index in [1.54, 1.807) is 25.1 Å². The van der Waals surface area contributed by atoms with Gasteiger partial charge in [-0.15, -0.1) is 0 Å². The fourth-order valence-electron chi connectivity index (χ4n) is 2.54. The lowest BCUT2D eigenvalue weighted by atomic mass is 9.76. The van der Waals surface area contributed by atoms with Crippen LogP contribution in [0.25, 0.3) is 0 Å². The molecular formula is C14H15Cl2NO3. The van der Waals surface area contributed by atoms with Gasteiger partial charge in [0.2, 0.25) is 5.91 Å². The molecule has 0 bridgehead atoms. The van der Waals surface area contributed by atoms with Crippen LogP contribution in [0.1, 0.15) is 25.8 Å². The molecule has 0 aromatic heterocycles. The highest BCUT2D eigenvalue weighted by Crippen LogP contribution is 2.40. The van der Waals surface area contributed by atoms with Crippen molar-refractivity contribution in [2.75, 3.05) is 6.61 Å². The highest BCUT2D eigenvalue weighted by atomic mass is 35.5. The average Bonchev–Trinajstić information content (AvgIpc) is 2.69. The van der Waals surface area contributed by atoms with Crippen molar-refractivity contribution in [3.63, 3.8) is 0 Å². The van der Waals surface area contributed by atoms with Crippen molar-refractivity contribution in [1.29, 1.82) is 0 Å². The number of hydrogen-bond acceptors (Lipinski definition) is 3. The van der Waals surface area contributed by atoms with Gasteiger partial charge >= 0.3 is 5.97 Å². The number of rotatable bonds is 3. The predicted octanol–water partition coefficient (Wildman–Crippen LogP) is 2.70. The van der Waals surface area contributed by atoms with Crippen LogP contribution in [0.5, 0.6) is 0 Å². The Bertz CT molecular complexity index is 561. The molecule has 1 N–H and O–H groups in total. The molecule has 0 radical (unpaired) electrons. The van der Waals surface area contributed by atoms with E-state index in [0.717, 1.165) is 0 Å². The number of amides is 1. The van der Waals surface area contributed by atoms with Crippen molar-refractivity contribution in [1.82, 2.24) is 5.32 Å². The van der Waals surface area contributed by atoms with Gasteiger partial charge in [0.15, 0.2) is 0 Å². The van der Waals surface area contributed by atoms with Crippen molar-refractivity contribution in [3.05, 3.63) is 33.8 Å². The number of carbonyl (C=O) groups excluding carboxylic acids is 2. The highest BCUT2D eigenvalue weighted by molar-refractivity contribution is 6.33.